The van der Waals surface area contributed by atoms with E-state index in [1.54, 1.807) is 66.7 Å². The van der Waals surface area contributed by atoms with Crippen molar-refractivity contribution in [2.45, 2.75) is 46.0 Å². The van der Waals surface area contributed by atoms with Crippen LogP contribution in [0, 0.1) is 5.92 Å². The summed E-state index contributed by atoms with van der Waals surface area (Å²) in [6.45, 7) is 4.14. The highest BCUT2D eigenvalue weighted by atomic mass is 35.5. The van der Waals surface area contributed by atoms with Crippen LogP contribution < -0.4 is 21.3 Å². The lowest BCUT2D eigenvalue weighted by molar-refractivity contribution is -0.142. The first-order valence-electron chi connectivity index (χ1n) is 20.6. The molecule has 0 saturated heterocycles. The summed E-state index contributed by atoms with van der Waals surface area (Å²) in [5, 5.41) is 41.2. The molecule has 4 heterocycles. The van der Waals surface area contributed by atoms with Gasteiger partial charge in [0.25, 0.3) is 11.8 Å². The molecule has 4 amide bonds. The molecule has 0 aliphatic heterocycles. The number of H-pyrrole nitrogens is 4. The first-order valence-corrected chi connectivity index (χ1v) is 21.3. The zero-order valence-corrected chi connectivity index (χ0v) is 37.1. The maximum atomic E-state index is 13.1. The molecule has 0 radical (unpaired) electrons. The molecular formula is C44H42Cl2N14O6. The first kappa shape index (κ1) is 46.0. The normalized spacial score (nSPS) is 11.3. The number of carbonyl (C=O) groups is 5. The van der Waals surface area contributed by atoms with E-state index >= 15 is 0 Å². The van der Waals surface area contributed by atoms with Gasteiger partial charge in [0.1, 0.15) is 17.8 Å². The highest BCUT2D eigenvalue weighted by Gasteiger charge is 2.21. The number of nitrogens with one attached hydrogen (secondary N) is 8. The molecule has 4 aromatic carbocycles. The Morgan fingerprint density at radius 2 is 1.17 bits per heavy atom. The minimum atomic E-state index is -0.651. The third-order valence-electron chi connectivity index (χ3n) is 10.3. The molecule has 1 unspecified atom stereocenters. The number of carbonyl (C=O) groups excluding carboxylic acids is 5. The number of methoxy groups -OCH3 is 1. The van der Waals surface area contributed by atoms with Crippen molar-refractivity contribution < 1.29 is 28.7 Å². The standard InChI is InChI=1S/C24H26ClN7O2.C20H16ClN7O4/c1-3-5-7-14(4-2)23(33)28-19-9-6-8-15-12-20(26-21(15)19)24(34)27-18-11-10-16(25)13-17(18)22-29-31-32-30-22;1-32-17(30)9-16(29)22-14-4-2-3-10-7-15(23-18(10)14)20(31)24-13-6-5-11(21)8-12(13)19-25-27-28-26-19/h6,8-14,26H,3-5,7H2,1-2H3,(H,27,34)(H,28,33)(H,29,30,31,32);2-8,23H,9H2,1H3,(H,22,29)(H,24,31)(H,25,26,27,28). The fraction of sp³-hybridized carbons (Fsp3) is 0.205. The number of anilines is 4. The zero-order chi connectivity index (χ0) is 46.7. The number of tetrazole rings is 2. The van der Waals surface area contributed by atoms with Crippen LogP contribution in [-0.2, 0) is 19.1 Å². The number of esters is 1. The van der Waals surface area contributed by atoms with Crippen LogP contribution in [0.4, 0.5) is 22.7 Å². The van der Waals surface area contributed by atoms with Gasteiger partial charge < -0.3 is 36.0 Å². The van der Waals surface area contributed by atoms with Crippen molar-refractivity contribution in [2.24, 2.45) is 5.92 Å². The zero-order valence-electron chi connectivity index (χ0n) is 35.6. The summed E-state index contributed by atoms with van der Waals surface area (Å²) in [5.41, 5.74) is 4.94. The van der Waals surface area contributed by atoms with E-state index in [1.807, 2.05) is 25.1 Å². The number of para-hydroxylation sites is 2. The van der Waals surface area contributed by atoms with E-state index in [0.29, 0.717) is 77.7 Å². The summed E-state index contributed by atoms with van der Waals surface area (Å²) in [5.74, 6) is -1.28. The van der Waals surface area contributed by atoms with Gasteiger partial charge in [-0.3, -0.25) is 24.0 Å². The predicted octanol–water partition coefficient (Wildman–Crippen LogP) is 8.16. The highest BCUT2D eigenvalue weighted by Crippen LogP contribution is 2.32. The predicted molar refractivity (Wildman–Crippen MR) is 249 cm³/mol. The fourth-order valence-electron chi connectivity index (χ4n) is 6.94. The number of hydrogen-bond donors (Lipinski definition) is 8. The van der Waals surface area contributed by atoms with Crippen molar-refractivity contribution in [2.75, 3.05) is 28.4 Å². The van der Waals surface area contributed by atoms with Crippen LogP contribution in [0.5, 0.6) is 0 Å². The van der Waals surface area contributed by atoms with Crippen molar-refractivity contribution >= 4 is 97.4 Å². The highest BCUT2D eigenvalue weighted by molar-refractivity contribution is 6.31. The van der Waals surface area contributed by atoms with Gasteiger partial charge >= 0.3 is 5.97 Å². The summed E-state index contributed by atoms with van der Waals surface area (Å²) in [4.78, 5) is 68.3. The second-order valence-corrected chi connectivity index (χ2v) is 15.6. The quantitative estimate of drug-likeness (QED) is 0.0357. The number of nitrogens with zero attached hydrogens (tertiary/aromatic N) is 6. The summed E-state index contributed by atoms with van der Waals surface area (Å²) in [6.07, 6.45) is 3.29. The van der Waals surface area contributed by atoms with Gasteiger partial charge in [0.2, 0.25) is 11.8 Å². The Morgan fingerprint density at radius 3 is 1.62 bits per heavy atom. The monoisotopic (exact) mass is 932 g/mol. The van der Waals surface area contributed by atoms with Crippen molar-refractivity contribution in [3.63, 3.8) is 0 Å². The molecule has 22 heteroatoms. The van der Waals surface area contributed by atoms with E-state index in [9.17, 15) is 24.0 Å². The number of halogens is 2. The number of fused-ring (bicyclic) bond motifs is 2. The van der Waals surface area contributed by atoms with Crippen molar-refractivity contribution in [3.8, 4) is 22.8 Å². The number of aromatic amines is 4. The molecule has 0 aliphatic rings. The minimum absolute atomic E-state index is 0.00414. The second-order valence-electron chi connectivity index (χ2n) is 14.7. The molecule has 20 nitrogen and oxygen atoms in total. The van der Waals surface area contributed by atoms with Crippen molar-refractivity contribution in [1.82, 2.24) is 51.2 Å². The summed E-state index contributed by atoms with van der Waals surface area (Å²) >= 11 is 12.2. The smallest absolute Gasteiger partial charge is 0.315 e. The lowest BCUT2D eigenvalue weighted by atomic mass is 9.98. The molecule has 66 heavy (non-hydrogen) atoms. The third kappa shape index (κ3) is 11.0. The number of unbranched alkanes of at least 4 members (excludes halogenated alkanes) is 1. The van der Waals surface area contributed by atoms with Gasteiger partial charge in [-0.05, 0) is 94.4 Å². The molecule has 8 N–H and O–H groups in total. The lowest BCUT2D eigenvalue weighted by Gasteiger charge is -2.15. The van der Waals surface area contributed by atoms with Gasteiger partial charge in [-0.2, -0.15) is 0 Å². The van der Waals surface area contributed by atoms with Gasteiger partial charge in [-0.15, -0.1) is 10.2 Å². The molecule has 338 valence electrons. The van der Waals surface area contributed by atoms with Crippen LogP contribution in [0.3, 0.4) is 0 Å². The van der Waals surface area contributed by atoms with Crippen LogP contribution in [0.1, 0.15) is 66.9 Å². The van der Waals surface area contributed by atoms with Crippen LogP contribution in [0.2, 0.25) is 10.0 Å². The topological polar surface area (TPSA) is 283 Å². The lowest BCUT2D eigenvalue weighted by Crippen LogP contribution is -2.22. The Bertz CT molecular complexity index is 3020. The summed E-state index contributed by atoms with van der Waals surface area (Å²) in [7, 11) is 1.21. The summed E-state index contributed by atoms with van der Waals surface area (Å²) < 4.78 is 4.50. The van der Waals surface area contributed by atoms with Gasteiger partial charge in [-0.25, -0.2) is 10.2 Å². The summed E-state index contributed by atoms with van der Waals surface area (Å²) in [6, 6.07) is 24.1. The molecule has 0 fully saturated rings. The van der Waals surface area contributed by atoms with E-state index < -0.39 is 24.2 Å². The Balaban J connectivity index is 0.000000197. The Hall–Kier alpha value is -7.97. The Morgan fingerprint density at radius 1 is 0.652 bits per heavy atom. The van der Waals surface area contributed by atoms with Gasteiger partial charge in [0, 0.05) is 37.9 Å². The van der Waals surface area contributed by atoms with Gasteiger partial charge in [0.15, 0.2) is 11.6 Å². The maximum absolute atomic E-state index is 13.1. The third-order valence-corrected chi connectivity index (χ3v) is 10.8. The number of rotatable bonds is 15. The van der Waals surface area contributed by atoms with Crippen LogP contribution in [0.15, 0.2) is 84.9 Å². The van der Waals surface area contributed by atoms with Crippen LogP contribution in [-0.4, -0.2) is 87.9 Å². The molecule has 8 aromatic rings. The molecule has 1 atom stereocenters. The number of aromatic nitrogens is 10. The number of ether oxygens (including phenoxy) is 1. The molecular weight excluding hydrogens is 891 g/mol. The Kier molecular flexibility index (Phi) is 14.7. The van der Waals surface area contributed by atoms with E-state index in [-0.39, 0.29) is 23.4 Å². The average molecular weight is 934 g/mol. The Labute approximate surface area is 385 Å². The molecule has 4 aromatic heterocycles. The fourth-order valence-corrected chi connectivity index (χ4v) is 7.28. The van der Waals surface area contributed by atoms with Crippen molar-refractivity contribution in [3.05, 3.63) is 106 Å². The van der Waals surface area contributed by atoms with E-state index in [2.05, 4.69) is 84.1 Å². The molecule has 0 spiro atoms. The minimum Gasteiger partial charge on any atom is -0.469 e. The van der Waals surface area contributed by atoms with Gasteiger partial charge in [-0.1, -0.05) is 74.2 Å². The van der Waals surface area contributed by atoms with Crippen LogP contribution >= 0.6 is 23.2 Å². The number of amides is 4. The maximum Gasteiger partial charge on any atom is 0.315 e. The van der Waals surface area contributed by atoms with E-state index in [1.165, 1.54) is 7.11 Å². The van der Waals surface area contributed by atoms with E-state index in [4.69, 9.17) is 23.2 Å². The van der Waals surface area contributed by atoms with Crippen LogP contribution in [0.25, 0.3) is 44.6 Å². The average Bonchev–Trinajstić information content (AvgIpc) is 4.16. The molecule has 0 bridgehead atoms. The SMILES string of the molecule is CCCCC(CC)C(=O)Nc1cccc2cc(C(=O)Nc3ccc(Cl)cc3-c3nnn[nH]3)[nH]c12.COC(=O)CC(=O)Nc1cccc2cc(C(=O)Nc3ccc(Cl)cc3-c3nnn[nH]3)[nH]c12. The molecule has 0 saturated carbocycles. The molecule has 8 rings (SSSR count). The van der Waals surface area contributed by atoms with E-state index in [0.717, 1.165) is 31.1 Å². The molecule has 0 aliphatic carbocycles. The second kappa shape index (κ2) is 21.1. The first-order chi connectivity index (χ1) is 31.9. The number of hydrogen-bond acceptors (Lipinski definition) is 12. The van der Waals surface area contributed by atoms with Gasteiger partial charge in [0.05, 0.1) is 40.9 Å². The van der Waals surface area contributed by atoms with Crippen molar-refractivity contribution in [1.29, 1.82) is 0 Å². The largest absolute Gasteiger partial charge is 0.469 e. The number of benzene rings is 4.